The lowest BCUT2D eigenvalue weighted by molar-refractivity contribution is 0.255. The molecule has 4 heteroatoms. The van der Waals surface area contributed by atoms with E-state index in [0.29, 0.717) is 18.4 Å². The topological polar surface area (TPSA) is 71.9 Å². The lowest BCUT2D eigenvalue weighted by atomic mass is 10.1. The summed E-state index contributed by atoms with van der Waals surface area (Å²) in [5.41, 5.74) is 2.72. The van der Waals surface area contributed by atoms with Crippen LogP contribution in [-0.4, -0.2) is 35.0 Å². The summed E-state index contributed by atoms with van der Waals surface area (Å²) in [4.78, 5) is 3.12. The van der Waals surface area contributed by atoms with E-state index < -0.39 is 0 Å². The van der Waals surface area contributed by atoms with Crippen molar-refractivity contribution in [2.45, 2.75) is 46.1 Å². The molecule has 1 aliphatic heterocycles. The Morgan fingerprint density at radius 2 is 1.96 bits per heavy atom. The molecule has 24 heavy (non-hydrogen) atoms. The first-order chi connectivity index (χ1) is 11.6. The minimum absolute atomic E-state index is 0.306. The molecular formula is C20H31N3O. The van der Waals surface area contributed by atoms with Crippen LogP contribution in [0, 0.1) is 18.3 Å². The fraction of sp³-hybridized carbons (Fsp3) is 0.450. The fourth-order valence-corrected chi connectivity index (χ4v) is 2.32. The standard InChI is InChI=1S/C10H10N2.C5H11NO.C3H8.C2H2/c1-7(11)8-3-2-4-10-9(8)5-6-12-10;7-4-5-2-1-3-6-5;1-3-2;1-2/h2-6,11-12H,1H3;5-7H,1-4H2;3H2,1-2H3;1-2H. The summed E-state index contributed by atoms with van der Waals surface area (Å²) in [6.07, 6.45) is 13.5. The molecule has 1 aliphatic rings. The Bertz CT molecular complexity index is 595. The number of nitrogens with one attached hydrogen (secondary N) is 3. The van der Waals surface area contributed by atoms with Gasteiger partial charge in [0.1, 0.15) is 0 Å². The van der Waals surface area contributed by atoms with E-state index in [1.54, 1.807) is 0 Å². The molecule has 2 heterocycles. The molecule has 0 amide bonds. The van der Waals surface area contributed by atoms with Crippen molar-refractivity contribution in [3.63, 3.8) is 0 Å². The molecule has 2 aromatic rings. The molecule has 0 aliphatic carbocycles. The maximum Gasteiger partial charge on any atom is 0.0584 e. The molecule has 1 fully saturated rings. The van der Waals surface area contributed by atoms with Crippen molar-refractivity contribution >= 4 is 16.6 Å². The molecule has 1 aromatic carbocycles. The second-order valence-corrected chi connectivity index (χ2v) is 5.55. The lowest BCUT2D eigenvalue weighted by Gasteiger charge is -2.01. The van der Waals surface area contributed by atoms with Gasteiger partial charge in [0.2, 0.25) is 0 Å². The molecule has 3 rings (SSSR count). The summed E-state index contributed by atoms with van der Waals surface area (Å²) in [6, 6.07) is 8.36. The minimum Gasteiger partial charge on any atom is -0.395 e. The first-order valence-corrected chi connectivity index (χ1v) is 8.43. The number of terminal acetylenes is 1. The summed E-state index contributed by atoms with van der Waals surface area (Å²) in [6.45, 7) is 7.45. The molecule has 4 N–H and O–H groups in total. The zero-order chi connectivity index (χ0) is 18.4. The van der Waals surface area contributed by atoms with Crippen LogP contribution >= 0.6 is 0 Å². The Labute approximate surface area is 146 Å². The van der Waals surface area contributed by atoms with E-state index in [0.717, 1.165) is 29.4 Å². The van der Waals surface area contributed by atoms with Crippen LogP contribution in [-0.2, 0) is 0 Å². The number of fused-ring (bicyclic) bond motifs is 1. The van der Waals surface area contributed by atoms with Gasteiger partial charge >= 0.3 is 0 Å². The van der Waals surface area contributed by atoms with Crippen LogP contribution in [0.2, 0.25) is 0 Å². The van der Waals surface area contributed by atoms with Gasteiger partial charge in [0.05, 0.1) is 6.61 Å². The van der Waals surface area contributed by atoms with Crippen LogP contribution < -0.4 is 5.32 Å². The molecule has 1 aromatic heterocycles. The molecule has 0 saturated carbocycles. The lowest BCUT2D eigenvalue weighted by Crippen LogP contribution is -2.24. The Balaban J connectivity index is 0.000000376. The van der Waals surface area contributed by atoms with Gasteiger partial charge in [0.25, 0.3) is 0 Å². The maximum absolute atomic E-state index is 8.50. The van der Waals surface area contributed by atoms with Crippen molar-refractivity contribution in [2.24, 2.45) is 0 Å². The van der Waals surface area contributed by atoms with Crippen molar-refractivity contribution in [3.8, 4) is 12.8 Å². The SMILES string of the molecule is C#C.CC(=N)c1cccc2[nH]ccc12.CCC.OCC1CCCN1. The van der Waals surface area contributed by atoms with Crippen molar-refractivity contribution in [3.05, 3.63) is 36.0 Å². The van der Waals surface area contributed by atoms with Crippen LogP contribution in [0.4, 0.5) is 0 Å². The zero-order valence-corrected chi connectivity index (χ0v) is 15.1. The maximum atomic E-state index is 8.50. The molecule has 1 saturated heterocycles. The van der Waals surface area contributed by atoms with E-state index in [9.17, 15) is 0 Å². The third-order valence-electron chi connectivity index (χ3n) is 3.38. The molecular weight excluding hydrogens is 298 g/mol. The summed E-state index contributed by atoms with van der Waals surface area (Å²) in [7, 11) is 0. The third-order valence-corrected chi connectivity index (χ3v) is 3.38. The smallest absolute Gasteiger partial charge is 0.0584 e. The number of aromatic amines is 1. The number of aliphatic hydroxyl groups is 1. The second kappa shape index (κ2) is 13.4. The van der Waals surface area contributed by atoms with Crippen molar-refractivity contribution in [1.29, 1.82) is 5.41 Å². The van der Waals surface area contributed by atoms with E-state index in [1.165, 1.54) is 12.8 Å². The van der Waals surface area contributed by atoms with Crippen LogP contribution in [0.5, 0.6) is 0 Å². The highest BCUT2D eigenvalue weighted by atomic mass is 16.3. The van der Waals surface area contributed by atoms with Crippen molar-refractivity contribution in [1.82, 2.24) is 10.3 Å². The van der Waals surface area contributed by atoms with Crippen LogP contribution in [0.15, 0.2) is 30.5 Å². The average molecular weight is 329 g/mol. The molecule has 1 atom stereocenters. The Morgan fingerprint density at radius 1 is 1.29 bits per heavy atom. The molecule has 0 radical (unpaired) electrons. The number of hydrogen-bond acceptors (Lipinski definition) is 3. The molecule has 0 spiro atoms. The Morgan fingerprint density at radius 3 is 2.42 bits per heavy atom. The summed E-state index contributed by atoms with van der Waals surface area (Å²) in [5.74, 6) is 0. The minimum atomic E-state index is 0.306. The summed E-state index contributed by atoms with van der Waals surface area (Å²) < 4.78 is 0. The van der Waals surface area contributed by atoms with Gasteiger partial charge in [-0.05, 0) is 38.4 Å². The number of rotatable bonds is 2. The number of benzene rings is 1. The fourth-order valence-electron chi connectivity index (χ4n) is 2.32. The monoisotopic (exact) mass is 329 g/mol. The van der Waals surface area contributed by atoms with Crippen molar-refractivity contribution in [2.75, 3.05) is 13.2 Å². The van der Waals surface area contributed by atoms with Crippen molar-refractivity contribution < 1.29 is 5.11 Å². The predicted molar refractivity (Wildman–Crippen MR) is 105 cm³/mol. The van der Waals surface area contributed by atoms with Crippen LogP contribution in [0.1, 0.15) is 45.6 Å². The van der Waals surface area contributed by atoms with Gasteiger partial charge in [-0.25, -0.2) is 0 Å². The normalized spacial score (nSPS) is 15.2. The van der Waals surface area contributed by atoms with E-state index in [2.05, 4.69) is 37.0 Å². The van der Waals surface area contributed by atoms with E-state index in [-0.39, 0.29) is 0 Å². The van der Waals surface area contributed by atoms with Gasteiger partial charge in [-0.1, -0.05) is 32.4 Å². The Hall–Kier alpha value is -2.09. The van der Waals surface area contributed by atoms with Gasteiger partial charge in [-0.2, -0.15) is 0 Å². The number of aliphatic hydroxyl groups excluding tert-OH is 1. The molecule has 1 unspecified atom stereocenters. The summed E-state index contributed by atoms with van der Waals surface area (Å²) >= 11 is 0. The van der Waals surface area contributed by atoms with Gasteiger partial charge in [-0.15, -0.1) is 12.8 Å². The van der Waals surface area contributed by atoms with Gasteiger partial charge in [0, 0.05) is 34.4 Å². The average Bonchev–Trinajstić information content (AvgIpc) is 3.28. The highest BCUT2D eigenvalue weighted by Crippen LogP contribution is 2.17. The van der Waals surface area contributed by atoms with E-state index >= 15 is 0 Å². The summed E-state index contributed by atoms with van der Waals surface area (Å²) in [5, 5.41) is 20.3. The van der Waals surface area contributed by atoms with Gasteiger partial charge < -0.3 is 20.8 Å². The van der Waals surface area contributed by atoms with Crippen LogP contribution in [0.25, 0.3) is 10.9 Å². The number of hydrogen-bond donors (Lipinski definition) is 4. The highest BCUT2D eigenvalue weighted by Gasteiger charge is 2.10. The quantitative estimate of drug-likeness (QED) is 0.497. The number of aromatic nitrogens is 1. The highest BCUT2D eigenvalue weighted by molar-refractivity contribution is 6.07. The number of H-pyrrole nitrogens is 1. The zero-order valence-electron chi connectivity index (χ0n) is 15.1. The largest absolute Gasteiger partial charge is 0.395 e. The van der Waals surface area contributed by atoms with Gasteiger partial charge in [-0.3, -0.25) is 0 Å². The first-order valence-electron chi connectivity index (χ1n) is 8.43. The third kappa shape index (κ3) is 7.45. The van der Waals surface area contributed by atoms with E-state index in [4.69, 9.17) is 10.5 Å². The second-order valence-electron chi connectivity index (χ2n) is 5.55. The first kappa shape index (κ1) is 21.9. The molecule has 4 nitrogen and oxygen atoms in total. The molecule has 0 bridgehead atoms. The van der Waals surface area contributed by atoms with Gasteiger partial charge in [0.15, 0.2) is 0 Å². The Kier molecular flexibility index (Phi) is 12.2. The van der Waals surface area contributed by atoms with Crippen LogP contribution in [0.3, 0.4) is 0 Å². The predicted octanol–water partition coefficient (Wildman–Crippen LogP) is 3.95. The molecule has 132 valence electrons. The van der Waals surface area contributed by atoms with E-state index in [1.807, 2.05) is 37.4 Å².